The molecule has 0 amide bonds. The van der Waals surface area contributed by atoms with E-state index in [0.717, 1.165) is 17.2 Å². The summed E-state index contributed by atoms with van der Waals surface area (Å²) in [6, 6.07) is 8.99. The van der Waals surface area contributed by atoms with Crippen LogP contribution in [0.2, 0.25) is 10.0 Å². The van der Waals surface area contributed by atoms with Crippen molar-refractivity contribution in [2.75, 3.05) is 6.61 Å². The Morgan fingerprint density at radius 2 is 1.94 bits per heavy atom. The van der Waals surface area contributed by atoms with Crippen molar-refractivity contribution in [3.8, 4) is 0 Å². The number of aromatic nitrogens is 3. The Kier molecular flexibility index (Phi) is 6.62. The third kappa shape index (κ3) is 4.84. The van der Waals surface area contributed by atoms with Crippen LogP contribution in [0.1, 0.15) is 22.6 Å². The van der Waals surface area contributed by atoms with Gasteiger partial charge in [-0.1, -0.05) is 41.4 Å². The van der Waals surface area contributed by atoms with Crippen LogP contribution in [0.5, 0.6) is 0 Å². The molecule has 0 radical (unpaired) electrons. The summed E-state index contributed by atoms with van der Waals surface area (Å²) in [7, 11) is -4.47. The molecule has 1 N–H and O–H groups in total. The van der Waals surface area contributed by atoms with Crippen LogP contribution in [0.4, 0.5) is 4.39 Å². The molecular weight excluding hydrogens is 492 g/mol. The second-order valence-electron chi connectivity index (χ2n) is 7.41. The summed E-state index contributed by atoms with van der Waals surface area (Å²) in [4.78, 5) is 13.6. The van der Waals surface area contributed by atoms with Crippen molar-refractivity contribution in [1.82, 2.24) is 20.7 Å². The zero-order valence-electron chi connectivity index (χ0n) is 17.5. The van der Waals surface area contributed by atoms with Gasteiger partial charge in [0.2, 0.25) is 14.9 Å². The lowest BCUT2D eigenvalue weighted by Crippen LogP contribution is -2.38. The van der Waals surface area contributed by atoms with E-state index in [0.29, 0.717) is 11.4 Å². The van der Waals surface area contributed by atoms with Crippen molar-refractivity contribution in [1.29, 1.82) is 0 Å². The summed E-state index contributed by atoms with van der Waals surface area (Å²) in [5, 5.41) is 7.24. The van der Waals surface area contributed by atoms with E-state index >= 15 is 0 Å². The molecule has 1 atom stereocenters. The maximum Gasteiger partial charge on any atom is 0.230 e. The smallest absolute Gasteiger partial charge is 0.230 e. The first-order valence-corrected chi connectivity index (χ1v) is 12.0. The minimum absolute atomic E-state index is 0.0356. The first-order valence-electron chi connectivity index (χ1n) is 9.78. The molecular formula is C21H18Cl2FN5O3S. The first-order chi connectivity index (χ1) is 15.7. The van der Waals surface area contributed by atoms with Gasteiger partial charge in [-0.15, -0.1) is 10.2 Å². The van der Waals surface area contributed by atoms with Crippen molar-refractivity contribution in [3.63, 3.8) is 0 Å². The van der Waals surface area contributed by atoms with Crippen LogP contribution in [-0.4, -0.2) is 42.1 Å². The molecule has 172 valence electrons. The molecule has 0 bridgehead atoms. The summed E-state index contributed by atoms with van der Waals surface area (Å²) in [5.41, 5.74) is 4.35. The molecule has 2 aromatic carbocycles. The summed E-state index contributed by atoms with van der Waals surface area (Å²) in [6.07, 6.45) is 0.451. The predicted molar refractivity (Wildman–Crippen MR) is 121 cm³/mol. The molecule has 0 aliphatic carbocycles. The van der Waals surface area contributed by atoms with Crippen LogP contribution in [0.15, 0.2) is 51.3 Å². The Morgan fingerprint density at radius 3 is 2.70 bits per heavy atom. The summed E-state index contributed by atoms with van der Waals surface area (Å²) in [5.74, 6) is -0.855. The highest BCUT2D eigenvalue weighted by atomic mass is 35.5. The number of hydrogen-bond acceptors (Lipinski definition) is 8. The Hall–Kier alpha value is -2.66. The number of halogens is 3. The van der Waals surface area contributed by atoms with Gasteiger partial charge in [0.1, 0.15) is 16.4 Å². The minimum atomic E-state index is -4.47. The molecule has 2 heterocycles. The SMILES string of the molecule is Cc1ccc(CC2CONC(c3nc(C)nnc3S(=O)(=O)c3cccc(Cl)c3F)=N2)c(Cl)c1. The average molecular weight is 510 g/mol. The fraction of sp³-hybridized carbons (Fsp3) is 0.238. The van der Waals surface area contributed by atoms with Gasteiger partial charge < -0.3 is 0 Å². The van der Waals surface area contributed by atoms with Gasteiger partial charge in [0.05, 0.1) is 17.7 Å². The van der Waals surface area contributed by atoms with Crippen LogP contribution in [0, 0.1) is 19.7 Å². The zero-order valence-corrected chi connectivity index (χ0v) is 19.8. The summed E-state index contributed by atoms with van der Waals surface area (Å²) < 4.78 is 41.0. The van der Waals surface area contributed by atoms with Crippen LogP contribution >= 0.6 is 23.2 Å². The summed E-state index contributed by atoms with van der Waals surface area (Å²) in [6.45, 7) is 3.70. The lowest BCUT2D eigenvalue weighted by atomic mass is 10.0. The van der Waals surface area contributed by atoms with E-state index in [1.165, 1.54) is 12.1 Å². The number of nitrogens with one attached hydrogen (secondary N) is 1. The molecule has 12 heteroatoms. The first kappa shape index (κ1) is 23.5. The number of hydroxylamine groups is 1. The van der Waals surface area contributed by atoms with Gasteiger partial charge in [-0.2, -0.15) is 0 Å². The Labute approximate surface area is 199 Å². The lowest BCUT2D eigenvalue weighted by molar-refractivity contribution is 0.0621. The van der Waals surface area contributed by atoms with E-state index in [9.17, 15) is 12.8 Å². The minimum Gasteiger partial charge on any atom is -0.272 e. The number of nitrogens with zero attached hydrogens (tertiary/aromatic N) is 4. The maximum atomic E-state index is 14.5. The number of benzene rings is 2. The van der Waals surface area contributed by atoms with E-state index in [-0.39, 0.29) is 35.0 Å². The molecule has 0 fully saturated rings. The van der Waals surface area contributed by atoms with Gasteiger partial charge in [0.15, 0.2) is 11.7 Å². The van der Waals surface area contributed by atoms with Crippen molar-refractivity contribution >= 4 is 38.9 Å². The molecule has 0 saturated carbocycles. The molecule has 1 aromatic heterocycles. The molecule has 1 unspecified atom stereocenters. The van der Waals surface area contributed by atoms with Gasteiger partial charge in [-0.25, -0.2) is 23.3 Å². The van der Waals surface area contributed by atoms with E-state index in [2.05, 4.69) is 25.7 Å². The van der Waals surface area contributed by atoms with E-state index in [1.807, 2.05) is 25.1 Å². The fourth-order valence-electron chi connectivity index (χ4n) is 3.27. The third-order valence-corrected chi connectivity index (χ3v) is 7.19. The monoisotopic (exact) mass is 509 g/mol. The fourth-order valence-corrected chi connectivity index (χ4v) is 5.17. The van der Waals surface area contributed by atoms with Gasteiger partial charge >= 0.3 is 0 Å². The number of aliphatic imine (C=N–C) groups is 1. The van der Waals surface area contributed by atoms with Crippen LogP contribution in [-0.2, 0) is 21.1 Å². The Morgan fingerprint density at radius 1 is 1.15 bits per heavy atom. The number of amidine groups is 1. The van der Waals surface area contributed by atoms with Crippen molar-refractivity contribution in [3.05, 3.63) is 74.9 Å². The molecule has 1 aliphatic rings. The quantitative estimate of drug-likeness (QED) is 0.559. The number of sulfone groups is 1. The summed E-state index contributed by atoms with van der Waals surface area (Å²) >= 11 is 12.1. The second-order valence-corrected chi connectivity index (χ2v) is 10.1. The van der Waals surface area contributed by atoms with E-state index in [4.69, 9.17) is 28.0 Å². The van der Waals surface area contributed by atoms with Crippen molar-refractivity contribution < 1.29 is 17.6 Å². The molecule has 4 rings (SSSR count). The zero-order chi connectivity index (χ0) is 23.8. The highest BCUT2D eigenvalue weighted by molar-refractivity contribution is 7.91. The number of hydrogen-bond donors (Lipinski definition) is 1. The number of aryl methyl sites for hydroxylation is 2. The van der Waals surface area contributed by atoms with Crippen LogP contribution in [0.3, 0.4) is 0 Å². The normalized spacial score (nSPS) is 16.3. The van der Waals surface area contributed by atoms with Crippen molar-refractivity contribution in [2.45, 2.75) is 36.2 Å². The lowest BCUT2D eigenvalue weighted by Gasteiger charge is -2.22. The highest BCUT2D eigenvalue weighted by Crippen LogP contribution is 2.28. The second kappa shape index (κ2) is 9.30. The van der Waals surface area contributed by atoms with Gasteiger partial charge in [-0.3, -0.25) is 9.83 Å². The van der Waals surface area contributed by atoms with Gasteiger partial charge in [-0.05, 0) is 49.6 Å². The van der Waals surface area contributed by atoms with Crippen LogP contribution in [0.25, 0.3) is 0 Å². The van der Waals surface area contributed by atoms with Gasteiger partial charge in [0, 0.05) is 5.02 Å². The topological polar surface area (TPSA) is 106 Å². The largest absolute Gasteiger partial charge is 0.272 e. The highest BCUT2D eigenvalue weighted by Gasteiger charge is 2.32. The maximum absolute atomic E-state index is 14.5. The van der Waals surface area contributed by atoms with E-state index < -0.39 is 25.6 Å². The Balaban J connectivity index is 1.76. The van der Waals surface area contributed by atoms with Crippen LogP contribution < -0.4 is 5.48 Å². The Bertz CT molecular complexity index is 1370. The molecule has 33 heavy (non-hydrogen) atoms. The third-order valence-electron chi connectivity index (χ3n) is 4.87. The molecule has 0 spiro atoms. The van der Waals surface area contributed by atoms with Crippen molar-refractivity contribution in [2.24, 2.45) is 4.99 Å². The average Bonchev–Trinajstić information content (AvgIpc) is 2.77. The number of rotatable bonds is 5. The predicted octanol–water partition coefficient (Wildman–Crippen LogP) is 3.66. The van der Waals surface area contributed by atoms with E-state index in [1.54, 1.807) is 6.92 Å². The standard InChI is InChI=1S/C21H18Cl2FN5O3S/c1-11-6-7-13(16(23)8-11)9-14-10-32-29-20(26-14)19-21(28-27-12(2)25-19)33(30,31)17-5-3-4-15(22)18(17)24/h3-8,14H,9-10H2,1-2H3,(H,26,29). The molecule has 1 aliphatic heterocycles. The van der Waals surface area contributed by atoms with Gasteiger partial charge in [0.25, 0.3) is 0 Å². The molecule has 3 aromatic rings. The molecule has 8 nitrogen and oxygen atoms in total. The molecule has 0 saturated heterocycles.